The smallest absolute Gasteiger partial charge is 0.259 e. The van der Waals surface area contributed by atoms with E-state index in [-0.39, 0.29) is 6.54 Å². The lowest BCUT2D eigenvalue weighted by Gasteiger charge is -2.42. The molecule has 20 heavy (non-hydrogen) atoms. The third-order valence-electron chi connectivity index (χ3n) is 3.25. The number of carbonyl (C=O) groups is 1. The molecule has 0 aliphatic carbocycles. The van der Waals surface area contributed by atoms with Crippen LogP contribution in [0.2, 0.25) is 5.02 Å². The Morgan fingerprint density at radius 3 is 2.60 bits per heavy atom. The van der Waals surface area contributed by atoms with Gasteiger partial charge < -0.3 is 5.32 Å². The van der Waals surface area contributed by atoms with Crippen LogP contribution < -0.4 is 5.32 Å². The number of hydrogen-bond acceptors (Lipinski definition) is 5. The van der Waals surface area contributed by atoms with Crippen molar-refractivity contribution in [3.63, 3.8) is 0 Å². The Labute approximate surface area is 123 Å². The van der Waals surface area contributed by atoms with E-state index in [1.807, 2.05) is 6.92 Å². The van der Waals surface area contributed by atoms with Gasteiger partial charge in [0.05, 0.1) is 17.3 Å². The Morgan fingerprint density at radius 2 is 2.05 bits per heavy atom. The lowest BCUT2D eigenvalue weighted by Crippen LogP contribution is -2.66. The number of nitrogens with zero attached hydrogens (tertiary/aromatic N) is 2. The highest BCUT2D eigenvalue weighted by molar-refractivity contribution is 7.94. The number of pyridine rings is 1. The van der Waals surface area contributed by atoms with Gasteiger partial charge in [0.1, 0.15) is 5.82 Å². The molecule has 1 aromatic heterocycles. The predicted molar refractivity (Wildman–Crippen MR) is 77.0 cm³/mol. The van der Waals surface area contributed by atoms with Gasteiger partial charge in [-0.2, -0.15) is 0 Å². The molecule has 1 aliphatic rings. The zero-order valence-electron chi connectivity index (χ0n) is 11.5. The van der Waals surface area contributed by atoms with Crippen LogP contribution in [0.1, 0.15) is 26.5 Å². The van der Waals surface area contributed by atoms with Gasteiger partial charge in [0.2, 0.25) is 0 Å². The van der Waals surface area contributed by atoms with Gasteiger partial charge in [-0.05, 0) is 32.9 Å². The summed E-state index contributed by atoms with van der Waals surface area (Å²) in [6.07, 6.45) is 0. The van der Waals surface area contributed by atoms with Crippen LogP contribution in [0.4, 0.5) is 5.82 Å². The van der Waals surface area contributed by atoms with Crippen LogP contribution in [0.25, 0.3) is 0 Å². The molecule has 6 nitrogen and oxygen atoms in total. The van der Waals surface area contributed by atoms with Crippen molar-refractivity contribution in [3.8, 4) is 0 Å². The number of amides is 1. The molecule has 0 saturated carbocycles. The molecule has 1 aliphatic heterocycles. The quantitative estimate of drug-likeness (QED) is 0.912. The van der Waals surface area contributed by atoms with Crippen LogP contribution in [0.5, 0.6) is 0 Å². The van der Waals surface area contributed by atoms with Gasteiger partial charge in [-0.3, -0.25) is 4.79 Å². The van der Waals surface area contributed by atoms with Crippen molar-refractivity contribution in [1.82, 2.24) is 9.29 Å². The molecule has 0 bridgehead atoms. The highest BCUT2D eigenvalue weighted by atomic mass is 35.5. The molecule has 0 atom stereocenters. The van der Waals surface area contributed by atoms with Crippen LogP contribution in [0.3, 0.4) is 0 Å². The van der Waals surface area contributed by atoms with E-state index < -0.39 is 20.7 Å². The average Bonchev–Trinajstić information content (AvgIpc) is 2.38. The SMILES string of the molecule is CCNc1ccc(Cl)c(CN2C(=O)C(C)(C)S2(=O)=O)n1. The number of nitrogens with one attached hydrogen (secondary N) is 1. The molecular formula is C12H16ClN3O3S. The fourth-order valence-corrected chi connectivity index (χ4v) is 3.58. The molecule has 1 aromatic rings. The standard InChI is InChI=1S/C12H16ClN3O3S/c1-4-14-10-6-5-8(13)9(15-10)7-16-11(17)12(2,3)20(16,18)19/h5-6H,4,7H2,1-3H3,(H,14,15). The van der Waals surface area contributed by atoms with Crippen molar-refractivity contribution in [3.05, 3.63) is 22.8 Å². The van der Waals surface area contributed by atoms with Crippen molar-refractivity contribution in [2.24, 2.45) is 0 Å². The number of rotatable bonds is 4. The molecule has 2 heterocycles. The normalized spacial score (nSPS) is 19.6. The molecule has 0 radical (unpaired) electrons. The summed E-state index contributed by atoms with van der Waals surface area (Å²) in [6, 6.07) is 3.33. The molecular weight excluding hydrogens is 302 g/mol. The van der Waals surface area contributed by atoms with Crippen molar-refractivity contribution in [1.29, 1.82) is 0 Å². The molecule has 2 rings (SSSR count). The van der Waals surface area contributed by atoms with Gasteiger partial charge in [-0.15, -0.1) is 0 Å². The summed E-state index contributed by atoms with van der Waals surface area (Å²) in [7, 11) is -3.63. The lowest BCUT2D eigenvalue weighted by molar-refractivity contribution is -0.132. The molecule has 110 valence electrons. The fraction of sp³-hybridized carbons (Fsp3) is 0.500. The van der Waals surface area contributed by atoms with Crippen molar-refractivity contribution >= 4 is 33.3 Å². The highest BCUT2D eigenvalue weighted by Gasteiger charge is 2.60. The second-order valence-corrected chi connectivity index (χ2v) is 7.80. The Bertz CT molecular complexity index is 658. The predicted octanol–water partition coefficient (Wildman–Crippen LogP) is 1.62. The average molecular weight is 318 g/mol. The molecule has 0 aromatic carbocycles. The first-order valence-corrected chi connectivity index (χ1v) is 7.99. The number of halogens is 1. The van der Waals surface area contributed by atoms with Crippen LogP contribution in [0.15, 0.2) is 12.1 Å². The minimum absolute atomic E-state index is 0.136. The number of hydrogen-bond donors (Lipinski definition) is 1. The Balaban J connectivity index is 2.28. The van der Waals surface area contributed by atoms with Crippen molar-refractivity contribution in [2.45, 2.75) is 32.1 Å². The Morgan fingerprint density at radius 1 is 1.40 bits per heavy atom. The summed E-state index contributed by atoms with van der Waals surface area (Å²) in [4.78, 5) is 16.1. The first-order chi connectivity index (χ1) is 9.21. The number of sulfonamides is 1. The monoisotopic (exact) mass is 317 g/mol. The van der Waals surface area contributed by atoms with Gasteiger partial charge >= 0.3 is 0 Å². The van der Waals surface area contributed by atoms with Crippen LogP contribution >= 0.6 is 11.6 Å². The van der Waals surface area contributed by atoms with Crippen molar-refractivity contribution in [2.75, 3.05) is 11.9 Å². The number of aromatic nitrogens is 1. The summed E-state index contributed by atoms with van der Waals surface area (Å²) in [5.41, 5.74) is 0.359. The highest BCUT2D eigenvalue weighted by Crippen LogP contribution is 2.36. The van der Waals surface area contributed by atoms with E-state index in [1.54, 1.807) is 12.1 Å². The molecule has 1 saturated heterocycles. The van der Waals surface area contributed by atoms with E-state index in [0.29, 0.717) is 23.1 Å². The molecule has 1 fully saturated rings. The van der Waals surface area contributed by atoms with Gasteiger partial charge in [0.25, 0.3) is 15.9 Å². The Hall–Kier alpha value is -1.34. The lowest BCUT2D eigenvalue weighted by atomic mass is 10.2. The zero-order chi connectivity index (χ0) is 15.1. The Kier molecular flexibility index (Phi) is 3.68. The maximum atomic E-state index is 12.0. The van der Waals surface area contributed by atoms with E-state index in [0.717, 1.165) is 4.31 Å². The third kappa shape index (κ3) is 2.14. The minimum Gasteiger partial charge on any atom is -0.370 e. The van der Waals surface area contributed by atoms with Gasteiger partial charge in [0.15, 0.2) is 4.75 Å². The minimum atomic E-state index is -3.63. The van der Waals surface area contributed by atoms with Gasteiger partial charge in [-0.1, -0.05) is 11.6 Å². The molecule has 0 unspecified atom stereocenters. The van der Waals surface area contributed by atoms with Gasteiger partial charge in [0, 0.05) is 6.54 Å². The van der Waals surface area contributed by atoms with E-state index in [4.69, 9.17) is 11.6 Å². The molecule has 0 spiro atoms. The maximum Gasteiger partial charge on any atom is 0.259 e. The second-order valence-electron chi connectivity index (χ2n) is 4.98. The summed E-state index contributed by atoms with van der Waals surface area (Å²) in [5.74, 6) is 0.153. The van der Waals surface area contributed by atoms with Gasteiger partial charge in [-0.25, -0.2) is 17.7 Å². The number of carbonyl (C=O) groups excluding carboxylic acids is 1. The topological polar surface area (TPSA) is 79.4 Å². The first-order valence-electron chi connectivity index (χ1n) is 6.18. The first kappa shape index (κ1) is 15.1. The van der Waals surface area contributed by atoms with E-state index in [1.165, 1.54) is 13.8 Å². The van der Waals surface area contributed by atoms with Crippen LogP contribution in [-0.2, 0) is 21.4 Å². The largest absolute Gasteiger partial charge is 0.370 e. The fourth-order valence-electron chi connectivity index (χ4n) is 1.92. The summed E-state index contributed by atoms with van der Waals surface area (Å²) < 4.78 is 23.5. The molecule has 1 N–H and O–H groups in total. The van der Waals surface area contributed by atoms with E-state index >= 15 is 0 Å². The summed E-state index contributed by atoms with van der Waals surface area (Å²) in [5, 5.41) is 3.34. The summed E-state index contributed by atoms with van der Waals surface area (Å²) >= 11 is 6.01. The summed E-state index contributed by atoms with van der Waals surface area (Å²) in [6.45, 7) is 5.25. The van der Waals surface area contributed by atoms with Crippen molar-refractivity contribution < 1.29 is 13.2 Å². The maximum absolute atomic E-state index is 12.0. The molecule has 8 heteroatoms. The zero-order valence-corrected chi connectivity index (χ0v) is 13.0. The third-order valence-corrected chi connectivity index (χ3v) is 5.93. The van der Waals surface area contributed by atoms with E-state index in [2.05, 4.69) is 10.3 Å². The van der Waals surface area contributed by atoms with Crippen LogP contribution in [0, 0.1) is 0 Å². The van der Waals surface area contributed by atoms with Crippen LogP contribution in [-0.4, -0.2) is 34.9 Å². The number of anilines is 1. The molecule has 1 amide bonds. The van der Waals surface area contributed by atoms with E-state index in [9.17, 15) is 13.2 Å². The second kappa shape index (κ2) is 4.89.